The molecule has 0 bridgehead atoms. The minimum absolute atomic E-state index is 0.230. The summed E-state index contributed by atoms with van der Waals surface area (Å²) in [7, 11) is 0. The minimum atomic E-state index is 0.230. The maximum Gasteiger partial charge on any atom is 0.135 e. The Morgan fingerprint density at radius 1 is 1.18 bits per heavy atom. The van der Waals surface area contributed by atoms with Crippen LogP contribution in [0.5, 0.6) is 0 Å². The van der Waals surface area contributed by atoms with Gasteiger partial charge in [0.25, 0.3) is 0 Å². The molecule has 28 heavy (non-hydrogen) atoms. The highest BCUT2D eigenvalue weighted by Crippen LogP contribution is 2.32. The smallest absolute Gasteiger partial charge is 0.135 e. The van der Waals surface area contributed by atoms with Crippen LogP contribution < -0.4 is 0 Å². The molecule has 0 radical (unpaired) electrons. The van der Waals surface area contributed by atoms with Gasteiger partial charge < -0.3 is 14.7 Å². The Kier molecular flexibility index (Phi) is 5.96. The van der Waals surface area contributed by atoms with Gasteiger partial charge in [-0.2, -0.15) is 0 Å². The van der Waals surface area contributed by atoms with Crippen molar-refractivity contribution >= 4 is 34.3 Å². The van der Waals surface area contributed by atoms with E-state index in [-0.39, 0.29) is 5.76 Å². The van der Waals surface area contributed by atoms with E-state index in [2.05, 4.69) is 9.88 Å². The lowest BCUT2D eigenvalue weighted by atomic mass is 10.2. The summed E-state index contributed by atoms with van der Waals surface area (Å²) in [5.74, 6) is 0.588. The number of benzene rings is 1. The first-order valence-electron chi connectivity index (χ1n) is 9.40. The van der Waals surface area contributed by atoms with Gasteiger partial charge in [0.15, 0.2) is 0 Å². The molecule has 1 saturated heterocycles. The number of halogens is 1. The molecule has 8 heteroatoms. The molecule has 0 amide bonds. The zero-order valence-corrected chi connectivity index (χ0v) is 17.1. The molecule has 148 valence electrons. The molecule has 1 fully saturated rings. The van der Waals surface area contributed by atoms with Crippen LogP contribution in [-0.4, -0.2) is 71.7 Å². The van der Waals surface area contributed by atoms with Gasteiger partial charge >= 0.3 is 0 Å². The zero-order chi connectivity index (χ0) is 19.5. The number of thiazole rings is 1. The predicted octanol–water partition coefficient (Wildman–Crippen LogP) is 3.75. The SMILES string of the molecule is N=C1C(c2nc(-c3ccc(Cl)cc3)cs2)=C(O)CN1CCCN1CCOCC1. The largest absolute Gasteiger partial charge is 0.510 e. The molecular formula is C20H23ClN4O2S. The molecule has 1 aromatic carbocycles. The van der Waals surface area contributed by atoms with Crippen molar-refractivity contribution in [3.63, 3.8) is 0 Å². The normalized spacial score (nSPS) is 18.3. The van der Waals surface area contributed by atoms with E-state index in [0.29, 0.717) is 28.0 Å². The maximum absolute atomic E-state index is 10.5. The Labute approximate surface area is 173 Å². The van der Waals surface area contributed by atoms with Gasteiger partial charge in [-0.25, -0.2) is 4.98 Å². The third-order valence-electron chi connectivity index (χ3n) is 5.05. The van der Waals surface area contributed by atoms with Crippen molar-refractivity contribution in [1.82, 2.24) is 14.8 Å². The molecule has 2 aliphatic rings. The highest BCUT2D eigenvalue weighted by molar-refractivity contribution is 7.11. The van der Waals surface area contributed by atoms with Crippen molar-refractivity contribution in [2.24, 2.45) is 0 Å². The average molecular weight is 419 g/mol. The third-order valence-corrected chi connectivity index (χ3v) is 6.16. The van der Waals surface area contributed by atoms with Crippen LogP contribution in [0.4, 0.5) is 0 Å². The zero-order valence-electron chi connectivity index (χ0n) is 15.5. The van der Waals surface area contributed by atoms with Gasteiger partial charge in [-0.3, -0.25) is 10.3 Å². The molecule has 0 unspecified atom stereocenters. The second-order valence-electron chi connectivity index (χ2n) is 6.94. The quantitative estimate of drug-likeness (QED) is 0.747. The third kappa shape index (κ3) is 4.22. The Morgan fingerprint density at radius 3 is 2.68 bits per heavy atom. The van der Waals surface area contributed by atoms with E-state index in [1.807, 2.05) is 34.5 Å². The van der Waals surface area contributed by atoms with Crippen LogP contribution >= 0.6 is 22.9 Å². The summed E-state index contributed by atoms with van der Waals surface area (Å²) in [5, 5.41) is 22.3. The van der Waals surface area contributed by atoms with Gasteiger partial charge in [-0.1, -0.05) is 23.7 Å². The fraction of sp³-hybridized carbons (Fsp3) is 0.400. The summed E-state index contributed by atoms with van der Waals surface area (Å²) in [6.45, 7) is 5.66. The molecule has 1 aromatic heterocycles. The molecule has 2 N–H and O–H groups in total. The molecule has 6 nitrogen and oxygen atoms in total. The van der Waals surface area contributed by atoms with Crippen LogP contribution in [0, 0.1) is 5.41 Å². The monoisotopic (exact) mass is 418 g/mol. The number of nitrogens with zero attached hydrogens (tertiary/aromatic N) is 3. The lowest BCUT2D eigenvalue weighted by Gasteiger charge is -2.27. The van der Waals surface area contributed by atoms with Gasteiger partial charge in [0.05, 0.1) is 31.0 Å². The van der Waals surface area contributed by atoms with Crippen molar-refractivity contribution in [3.8, 4) is 11.3 Å². The second-order valence-corrected chi connectivity index (χ2v) is 8.24. The molecular weight excluding hydrogens is 396 g/mol. The number of aromatic nitrogens is 1. The number of hydrogen-bond donors (Lipinski definition) is 2. The predicted molar refractivity (Wildman–Crippen MR) is 113 cm³/mol. The summed E-state index contributed by atoms with van der Waals surface area (Å²) in [6.07, 6.45) is 0.955. The Balaban J connectivity index is 1.39. The van der Waals surface area contributed by atoms with Crippen LogP contribution in [0.15, 0.2) is 35.4 Å². The summed E-state index contributed by atoms with van der Waals surface area (Å²) >= 11 is 7.40. The van der Waals surface area contributed by atoms with Crippen LogP contribution in [-0.2, 0) is 4.74 Å². The molecule has 2 aromatic rings. The van der Waals surface area contributed by atoms with Crippen LogP contribution in [0.1, 0.15) is 11.4 Å². The number of amidine groups is 1. The fourth-order valence-electron chi connectivity index (χ4n) is 3.50. The van der Waals surface area contributed by atoms with Crippen LogP contribution in [0.25, 0.3) is 16.8 Å². The molecule has 0 aliphatic carbocycles. The van der Waals surface area contributed by atoms with E-state index in [1.165, 1.54) is 11.3 Å². The minimum Gasteiger partial charge on any atom is -0.510 e. The lowest BCUT2D eigenvalue weighted by molar-refractivity contribution is 0.0368. The van der Waals surface area contributed by atoms with Crippen LogP contribution in [0.2, 0.25) is 5.02 Å². The number of nitrogens with one attached hydrogen (secondary N) is 1. The second kappa shape index (κ2) is 8.61. The molecule has 0 spiro atoms. The number of rotatable bonds is 6. The molecule has 4 rings (SSSR count). The number of hydrogen-bond acceptors (Lipinski definition) is 6. The lowest BCUT2D eigenvalue weighted by Crippen LogP contribution is -2.38. The van der Waals surface area contributed by atoms with Gasteiger partial charge in [0, 0.05) is 42.1 Å². The van der Waals surface area contributed by atoms with Crippen molar-refractivity contribution in [2.45, 2.75) is 6.42 Å². The molecule has 3 heterocycles. The topological polar surface area (TPSA) is 72.7 Å². The molecule has 0 saturated carbocycles. The Morgan fingerprint density at radius 2 is 1.93 bits per heavy atom. The van der Waals surface area contributed by atoms with E-state index in [4.69, 9.17) is 21.7 Å². The van der Waals surface area contributed by atoms with Gasteiger partial charge in [-0.05, 0) is 18.6 Å². The van der Waals surface area contributed by atoms with Crippen molar-refractivity contribution in [3.05, 3.63) is 45.4 Å². The number of aliphatic hydroxyl groups is 1. The number of aliphatic hydroxyl groups excluding tert-OH is 1. The highest BCUT2D eigenvalue weighted by atomic mass is 35.5. The summed E-state index contributed by atoms with van der Waals surface area (Å²) in [6, 6.07) is 7.52. The summed E-state index contributed by atoms with van der Waals surface area (Å²) < 4.78 is 5.38. The van der Waals surface area contributed by atoms with Crippen LogP contribution in [0.3, 0.4) is 0 Å². The van der Waals surface area contributed by atoms with E-state index in [1.54, 1.807) is 0 Å². The van der Waals surface area contributed by atoms with Gasteiger partial charge in [0.1, 0.15) is 16.6 Å². The highest BCUT2D eigenvalue weighted by Gasteiger charge is 2.30. The standard InChI is InChI=1S/C20H23ClN4O2S/c21-15-4-2-14(3-5-15)16-13-28-20(23-16)18-17(26)12-25(19(18)22)7-1-6-24-8-10-27-11-9-24/h2-5,13,22,26H,1,6-12H2. The van der Waals surface area contributed by atoms with E-state index in [0.717, 1.165) is 57.1 Å². The fourth-order valence-corrected chi connectivity index (χ4v) is 4.52. The van der Waals surface area contributed by atoms with E-state index < -0.39 is 0 Å². The average Bonchev–Trinajstić information content (AvgIpc) is 3.28. The molecule has 0 atom stereocenters. The maximum atomic E-state index is 10.5. The first kappa shape index (κ1) is 19.4. The van der Waals surface area contributed by atoms with E-state index in [9.17, 15) is 5.11 Å². The van der Waals surface area contributed by atoms with Gasteiger partial charge in [-0.15, -0.1) is 11.3 Å². The summed E-state index contributed by atoms with van der Waals surface area (Å²) in [5.41, 5.74) is 2.35. The van der Waals surface area contributed by atoms with Gasteiger partial charge in [0.2, 0.25) is 0 Å². The Hall–Kier alpha value is -1.93. The first-order chi connectivity index (χ1) is 13.6. The number of morpholine rings is 1. The van der Waals surface area contributed by atoms with Crippen molar-refractivity contribution in [2.75, 3.05) is 45.9 Å². The first-order valence-corrected chi connectivity index (χ1v) is 10.7. The summed E-state index contributed by atoms with van der Waals surface area (Å²) in [4.78, 5) is 8.96. The van der Waals surface area contributed by atoms with Crippen molar-refractivity contribution in [1.29, 1.82) is 5.41 Å². The molecule has 2 aliphatic heterocycles. The van der Waals surface area contributed by atoms with Crippen molar-refractivity contribution < 1.29 is 9.84 Å². The Bertz CT molecular complexity index is 875. The number of ether oxygens (including phenoxy) is 1. The van der Waals surface area contributed by atoms with E-state index >= 15 is 0 Å².